The Morgan fingerprint density at radius 1 is 0.429 bits per heavy atom. The molecule has 0 aliphatic carbocycles. The van der Waals surface area contributed by atoms with Gasteiger partial charge in [-0.25, -0.2) is 0 Å². The molecule has 0 fully saturated rings. The van der Waals surface area contributed by atoms with E-state index in [1.54, 1.807) is 0 Å². The molecule has 56 heavy (non-hydrogen) atoms. The van der Waals surface area contributed by atoms with Crippen LogP contribution in [0.25, 0.3) is 0 Å². The van der Waals surface area contributed by atoms with Crippen LogP contribution in [0.4, 0.5) is 0 Å². The van der Waals surface area contributed by atoms with Crippen molar-refractivity contribution in [2.75, 3.05) is 6.61 Å². The summed E-state index contributed by atoms with van der Waals surface area (Å²) in [6, 6.07) is -0.544. The molecular formula is C52H99NO3. The van der Waals surface area contributed by atoms with Crippen LogP contribution in [0.5, 0.6) is 0 Å². The first-order valence-corrected chi connectivity index (χ1v) is 25.2. The molecule has 2 unspecified atom stereocenters. The summed E-state index contributed by atoms with van der Waals surface area (Å²) in [5, 5.41) is 23.3. The Labute approximate surface area is 351 Å². The van der Waals surface area contributed by atoms with Crippen molar-refractivity contribution in [3.05, 3.63) is 36.5 Å². The maximum atomic E-state index is 12.4. The summed E-state index contributed by atoms with van der Waals surface area (Å²) in [7, 11) is 0. The fourth-order valence-electron chi connectivity index (χ4n) is 7.78. The molecule has 0 bridgehead atoms. The summed E-state index contributed by atoms with van der Waals surface area (Å²) in [5.41, 5.74) is 0. The molecule has 2 atom stereocenters. The number of aliphatic hydroxyl groups excluding tert-OH is 2. The van der Waals surface area contributed by atoms with Crippen LogP contribution in [0.2, 0.25) is 0 Å². The number of rotatable bonds is 46. The van der Waals surface area contributed by atoms with Gasteiger partial charge in [-0.3, -0.25) is 4.79 Å². The predicted octanol–water partition coefficient (Wildman–Crippen LogP) is 16.1. The second kappa shape index (κ2) is 48.0. The van der Waals surface area contributed by atoms with Crippen LogP contribution < -0.4 is 5.32 Å². The maximum absolute atomic E-state index is 12.4. The zero-order valence-corrected chi connectivity index (χ0v) is 37.9. The van der Waals surface area contributed by atoms with Gasteiger partial charge in [0.15, 0.2) is 0 Å². The lowest BCUT2D eigenvalue weighted by Gasteiger charge is -2.22. The van der Waals surface area contributed by atoms with Gasteiger partial charge in [0.1, 0.15) is 0 Å². The van der Waals surface area contributed by atoms with Gasteiger partial charge in [-0.05, 0) is 51.4 Å². The fraction of sp³-hybridized carbons (Fsp3) is 0.865. The highest BCUT2D eigenvalue weighted by atomic mass is 16.3. The second-order valence-electron chi connectivity index (χ2n) is 17.2. The molecule has 0 rings (SSSR count). The Morgan fingerprint density at radius 3 is 1.09 bits per heavy atom. The largest absolute Gasteiger partial charge is 0.394 e. The summed E-state index contributed by atoms with van der Waals surface area (Å²) >= 11 is 0. The Kier molecular flexibility index (Phi) is 46.8. The average Bonchev–Trinajstić information content (AvgIpc) is 3.20. The van der Waals surface area contributed by atoms with Crippen LogP contribution in [0.1, 0.15) is 271 Å². The SMILES string of the molecule is CCCCCCC/C=C\C/C=C\C/C=C\CCCCCCCCC(=O)NC(CO)C(O)CCCCCCCCCCCCCCCCCCCCCCCCC. The first-order valence-electron chi connectivity index (χ1n) is 25.2. The monoisotopic (exact) mass is 786 g/mol. The first-order chi connectivity index (χ1) is 27.7. The number of hydrogen-bond donors (Lipinski definition) is 3. The number of allylic oxidation sites excluding steroid dienone is 6. The van der Waals surface area contributed by atoms with E-state index in [0.29, 0.717) is 12.8 Å². The summed E-state index contributed by atoms with van der Waals surface area (Å²) in [6.45, 7) is 4.36. The van der Waals surface area contributed by atoms with Gasteiger partial charge in [0.2, 0.25) is 5.91 Å². The first kappa shape index (κ1) is 54.6. The minimum absolute atomic E-state index is 0.0412. The van der Waals surface area contributed by atoms with E-state index in [2.05, 4.69) is 55.6 Å². The van der Waals surface area contributed by atoms with E-state index in [1.807, 2.05) is 0 Å². The van der Waals surface area contributed by atoms with Crippen LogP contribution >= 0.6 is 0 Å². The standard InChI is InChI=1S/C52H99NO3/c1-3-5-7-9-11-13-15-17-19-21-23-25-26-28-29-31-33-35-37-39-41-43-45-47-51(55)50(49-54)53-52(56)48-46-44-42-40-38-36-34-32-30-27-24-22-20-18-16-14-12-10-8-6-4-2/h16,18,22,24,30,32,50-51,54-55H,3-15,17,19-21,23,25-29,31,33-49H2,1-2H3,(H,53,56)/b18-16-,24-22-,32-30-. The van der Waals surface area contributed by atoms with Crippen molar-refractivity contribution in [2.24, 2.45) is 0 Å². The van der Waals surface area contributed by atoms with E-state index >= 15 is 0 Å². The molecular weight excluding hydrogens is 687 g/mol. The minimum Gasteiger partial charge on any atom is -0.394 e. The number of aliphatic hydroxyl groups is 2. The van der Waals surface area contributed by atoms with Crippen LogP contribution in [0.15, 0.2) is 36.5 Å². The summed E-state index contributed by atoms with van der Waals surface area (Å²) in [5.74, 6) is -0.0412. The third-order valence-electron chi connectivity index (χ3n) is 11.7. The third-order valence-corrected chi connectivity index (χ3v) is 11.7. The van der Waals surface area contributed by atoms with Crippen molar-refractivity contribution in [3.8, 4) is 0 Å². The Morgan fingerprint density at radius 2 is 0.732 bits per heavy atom. The van der Waals surface area contributed by atoms with Gasteiger partial charge < -0.3 is 15.5 Å². The lowest BCUT2D eigenvalue weighted by atomic mass is 10.0. The molecule has 0 aromatic carbocycles. The summed E-state index contributed by atoms with van der Waals surface area (Å²) in [4.78, 5) is 12.4. The Balaban J connectivity index is 3.51. The third kappa shape index (κ3) is 43.7. The highest BCUT2D eigenvalue weighted by Gasteiger charge is 2.20. The molecule has 1 amide bonds. The topological polar surface area (TPSA) is 69.6 Å². The molecule has 0 aromatic rings. The van der Waals surface area contributed by atoms with Crippen molar-refractivity contribution in [3.63, 3.8) is 0 Å². The fourth-order valence-corrected chi connectivity index (χ4v) is 7.78. The van der Waals surface area contributed by atoms with E-state index in [0.717, 1.165) is 51.4 Å². The second-order valence-corrected chi connectivity index (χ2v) is 17.2. The van der Waals surface area contributed by atoms with E-state index in [1.165, 1.54) is 193 Å². The molecule has 0 spiro atoms. The van der Waals surface area contributed by atoms with E-state index in [4.69, 9.17) is 0 Å². The van der Waals surface area contributed by atoms with Gasteiger partial charge in [0, 0.05) is 6.42 Å². The van der Waals surface area contributed by atoms with Gasteiger partial charge in [0.25, 0.3) is 0 Å². The average molecular weight is 786 g/mol. The highest BCUT2D eigenvalue weighted by Crippen LogP contribution is 2.17. The Bertz CT molecular complexity index is 851. The number of carbonyl (C=O) groups is 1. The van der Waals surface area contributed by atoms with Crippen molar-refractivity contribution < 1.29 is 15.0 Å². The van der Waals surface area contributed by atoms with Crippen molar-refractivity contribution in [2.45, 2.75) is 283 Å². The van der Waals surface area contributed by atoms with E-state index in [9.17, 15) is 15.0 Å². The zero-order valence-electron chi connectivity index (χ0n) is 37.9. The zero-order chi connectivity index (χ0) is 40.7. The van der Waals surface area contributed by atoms with Gasteiger partial charge in [0.05, 0.1) is 18.8 Å². The van der Waals surface area contributed by atoms with Crippen molar-refractivity contribution in [1.82, 2.24) is 5.32 Å². The molecule has 0 aliphatic heterocycles. The molecule has 0 radical (unpaired) electrons. The molecule has 0 aromatic heterocycles. The van der Waals surface area contributed by atoms with Crippen LogP contribution in [-0.2, 0) is 4.79 Å². The predicted molar refractivity (Wildman–Crippen MR) is 248 cm³/mol. The molecule has 330 valence electrons. The lowest BCUT2D eigenvalue weighted by Crippen LogP contribution is -2.45. The molecule has 4 nitrogen and oxygen atoms in total. The smallest absolute Gasteiger partial charge is 0.220 e. The minimum atomic E-state index is -0.666. The molecule has 0 aliphatic rings. The van der Waals surface area contributed by atoms with E-state index < -0.39 is 12.1 Å². The molecule has 0 heterocycles. The molecule has 3 N–H and O–H groups in total. The van der Waals surface area contributed by atoms with Gasteiger partial charge in [-0.1, -0.05) is 249 Å². The normalized spacial score (nSPS) is 13.1. The molecule has 0 saturated heterocycles. The Hall–Kier alpha value is -1.39. The van der Waals surface area contributed by atoms with Gasteiger partial charge in [-0.15, -0.1) is 0 Å². The molecule has 4 heteroatoms. The quantitative estimate of drug-likeness (QED) is 0.0425. The number of hydrogen-bond acceptors (Lipinski definition) is 3. The van der Waals surface area contributed by atoms with Crippen molar-refractivity contribution >= 4 is 5.91 Å². The lowest BCUT2D eigenvalue weighted by molar-refractivity contribution is -0.123. The van der Waals surface area contributed by atoms with Crippen molar-refractivity contribution in [1.29, 1.82) is 0 Å². The van der Waals surface area contributed by atoms with Crippen LogP contribution in [-0.4, -0.2) is 34.9 Å². The number of carbonyl (C=O) groups excluding carboxylic acids is 1. The van der Waals surface area contributed by atoms with Crippen LogP contribution in [0.3, 0.4) is 0 Å². The van der Waals surface area contributed by atoms with E-state index in [-0.39, 0.29) is 12.5 Å². The molecule has 0 saturated carbocycles. The summed E-state index contributed by atoms with van der Waals surface area (Å²) in [6.07, 6.45) is 63.8. The maximum Gasteiger partial charge on any atom is 0.220 e. The highest BCUT2D eigenvalue weighted by molar-refractivity contribution is 5.76. The van der Waals surface area contributed by atoms with Crippen LogP contribution in [0, 0.1) is 0 Å². The number of amides is 1. The number of unbranched alkanes of at least 4 members (excludes halogenated alkanes) is 33. The summed E-state index contributed by atoms with van der Waals surface area (Å²) < 4.78 is 0. The van der Waals surface area contributed by atoms with Gasteiger partial charge >= 0.3 is 0 Å². The number of nitrogens with one attached hydrogen (secondary N) is 1. The van der Waals surface area contributed by atoms with Gasteiger partial charge in [-0.2, -0.15) is 0 Å².